The van der Waals surface area contributed by atoms with Crippen molar-refractivity contribution in [1.82, 2.24) is 9.80 Å². The zero-order valence-corrected chi connectivity index (χ0v) is 14.5. The molecule has 2 aromatic carbocycles. The molecule has 0 radical (unpaired) electrons. The van der Waals surface area contributed by atoms with Gasteiger partial charge in [0.25, 0.3) is 5.91 Å². The van der Waals surface area contributed by atoms with Crippen molar-refractivity contribution in [2.45, 2.75) is 12.6 Å². The molecule has 0 aliphatic carbocycles. The highest BCUT2D eigenvalue weighted by Gasteiger charge is 2.38. The number of rotatable bonds is 6. The Morgan fingerprint density at radius 1 is 1.16 bits per heavy atom. The third-order valence-corrected chi connectivity index (χ3v) is 4.29. The molecule has 0 bridgehead atoms. The molecular weight excluding hydrogens is 314 g/mol. The minimum Gasteiger partial charge on any atom is -0.488 e. The number of hydrogen-bond acceptors (Lipinski definition) is 4. The number of hydrogen-bond donors (Lipinski definition) is 0. The number of fused-ring (bicyclic) bond motifs is 1. The normalized spacial score (nSPS) is 16.0. The SMILES string of the molecule is CN(C)CCN1C(=O)c2c(OCc3ccccc3)cccc2C1C#N. The van der Waals surface area contributed by atoms with Crippen molar-refractivity contribution in [1.29, 1.82) is 5.26 Å². The molecule has 5 heteroatoms. The van der Waals surface area contributed by atoms with Gasteiger partial charge < -0.3 is 14.5 Å². The van der Waals surface area contributed by atoms with Gasteiger partial charge in [-0.2, -0.15) is 5.26 Å². The monoisotopic (exact) mass is 335 g/mol. The van der Waals surface area contributed by atoms with Crippen LogP contribution in [0, 0.1) is 11.3 Å². The molecule has 1 aliphatic rings. The van der Waals surface area contributed by atoms with Crippen molar-refractivity contribution in [3.05, 3.63) is 65.2 Å². The van der Waals surface area contributed by atoms with Crippen LogP contribution in [0.5, 0.6) is 5.75 Å². The Bertz CT molecular complexity index is 796. The number of carbonyl (C=O) groups is 1. The summed E-state index contributed by atoms with van der Waals surface area (Å²) in [5.74, 6) is 0.408. The molecule has 2 aromatic rings. The Morgan fingerprint density at radius 3 is 2.60 bits per heavy atom. The summed E-state index contributed by atoms with van der Waals surface area (Å²) in [6.07, 6.45) is 0. The molecule has 3 rings (SSSR count). The average molecular weight is 335 g/mol. The molecule has 5 nitrogen and oxygen atoms in total. The van der Waals surface area contributed by atoms with E-state index in [1.165, 1.54) is 0 Å². The number of amides is 1. The number of benzene rings is 2. The van der Waals surface area contributed by atoms with E-state index in [2.05, 4.69) is 6.07 Å². The zero-order valence-electron chi connectivity index (χ0n) is 14.5. The molecule has 1 amide bonds. The molecule has 0 spiro atoms. The summed E-state index contributed by atoms with van der Waals surface area (Å²) >= 11 is 0. The molecule has 1 atom stereocenters. The molecule has 25 heavy (non-hydrogen) atoms. The number of likely N-dealkylation sites (N-methyl/N-ethyl adjacent to an activating group) is 1. The van der Waals surface area contributed by atoms with Gasteiger partial charge in [-0.05, 0) is 25.7 Å². The highest BCUT2D eigenvalue weighted by Crippen LogP contribution is 2.38. The van der Waals surface area contributed by atoms with Crippen molar-refractivity contribution in [2.75, 3.05) is 27.2 Å². The van der Waals surface area contributed by atoms with Crippen LogP contribution in [0.2, 0.25) is 0 Å². The van der Waals surface area contributed by atoms with E-state index in [0.717, 1.165) is 11.1 Å². The Labute approximate surface area is 148 Å². The Hall–Kier alpha value is -2.84. The van der Waals surface area contributed by atoms with Crippen LogP contribution < -0.4 is 4.74 Å². The van der Waals surface area contributed by atoms with Crippen molar-refractivity contribution in [2.24, 2.45) is 0 Å². The van der Waals surface area contributed by atoms with Gasteiger partial charge in [0.2, 0.25) is 0 Å². The van der Waals surface area contributed by atoms with Gasteiger partial charge in [0, 0.05) is 18.7 Å². The van der Waals surface area contributed by atoms with Crippen LogP contribution in [-0.2, 0) is 6.61 Å². The number of ether oxygens (including phenoxy) is 1. The van der Waals surface area contributed by atoms with E-state index in [4.69, 9.17) is 4.74 Å². The highest BCUT2D eigenvalue weighted by atomic mass is 16.5. The molecular formula is C20H21N3O2. The number of carbonyl (C=O) groups excluding carboxylic acids is 1. The molecule has 1 aliphatic heterocycles. The molecule has 1 heterocycles. The lowest BCUT2D eigenvalue weighted by atomic mass is 10.0. The first kappa shape index (κ1) is 17.0. The van der Waals surface area contributed by atoms with E-state index in [0.29, 0.717) is 31.0 Å². The second-order valence-corrected chi connectivity index (χ2v) is 6.33. The van der Waals surface area contributed by atoms with E-state index >= 15 is 0 Å². The van der Waals surface area contributed by atoms with E-state index in [-0.39, 0.29) is 5.91 Å². The smallest absolute Gasteiger partial charge is 0.259 e. The lowest BCUT2D eigenvalue weighted by Gasteiger charge is -2.22. The average Bonchev–Trinajstić information content (AvgIpc) is 2.91. The third kappa shape index (κ3) is 3.49. The predicted molar refractivity (Wildman–Crippen MR) is 95.2 cm³/mol. The number of nitrogens with zero attached hydrogens (tertiary/aromatic N) is 3. The van der Waals surface area contributed by atoms with Crippen LogP contribution in [0.3, 0.4) is 0 Å². The Kier molecular flexibility index (Phi) is 5.01. The first-order chi connectivity index (χ1) is 12.1. The fourth-order valence-corrected chi connectivity index (χ4v) is 2.97. The Balaban J connectivity index is 1.85. The fraction of sp³-hybridized carbons (Fsp3) is 0.300. The van der Waals surface area contributed by atoms with E-state index in [1.54, 1.807) is 11.0 Å². The van der Waals surface area contributed by atoms with Crippen LogP contribution >= 0.6 is 0 Å². The van der Waals surface area contributed by atoms with Gasteiger partial charge in [-0.1, -0.05) is 42.5 Å². The summed E-state index contributed by atoms with van der Waals surface area (Å²) in [5, 5.41) is 9.57. The maximum absolute atomic E-state index is 12.9. The first-order valence-corrected chi connectivity index (χ1v) is 8.26. The van der Waals surface area contributed by atoms with Gasteiger partial charge in [-0.3, -0.25) is 4.79 Å². The zero-order chi connectivity index (χ0) is 17.8. The molecule has 0 saturated heterocycles. The van der Waals surface area contributed by atoms with Gasteiger partial charge in [-0.15, -0.1) is 0 Å². The van der Waals surface area contributed by atoms with Gasteiger partial charge in [0.1, 0.15) is 18.4 Å². The van der Waals surface area contributed by atoms with E-state index in [1.807, 2.05) is 61.5 Å². The van der Waals surface area contributed by atoms with Crippen LogP contribution in [0.4, 0.5) is 0 Å². The second kappa shape index (κ2) is 7.37. The highest BCUT2D eigenvalue weighted by molar-refractivity contribution is 6.02. The summed E-state index contributed by atoms with van der Waals surface area (Å²) < 4.78 is 5.90. The van der Waals surface area contributed by atoms with Crippen LogP contribution in [0.1, 0.15) is 27.5 Å². The molecule has 1 unspecified atom stereocenters. The third-order valence-electron chi connectivity index (χ3n) is 4.29. The minimum absolute atomic E-state index is 0.132. The first-order valence-electron chi connectivity index (χ1n) is 8.26. The van der Waals surface area contributed by atoms with Crippen LogP contribution in [0.15, 0.2) is 48.5 Å². The van der Waals surface area contributed by atoms with Crippen LogP contribution in [-0.4, -0.2) is 42.9 Å². The Morgan fingerprint density at radius 2 is 1.92 bits per heavy atom. The molecule has 0 saturated carbocycles. The summed E-state index contributed by atoms with van der Waals surface area (Å²) in [5.41, 5.74) is 2.28. The second-order valence-electron chi connectivity index (χ2n) is 6.33. The van der Waals surface area contributed by atoms with Crippen molar-refractivity contribution >= 4 is 5.91 Å². The lowest BCUT2D eigenvalue weighted by Crippen LogP contribution is -2.34. The quantitative estimate of drug-likeness (QED) is 0.814. The number of nitriles is 1. The summed E-state index contributed by atoms with van der Waals surface area (Å²) in [6.45, 7) is 1.61. The molecule has 0 N–H and O–H groups in total. The van der Waals surface area contributed by atoms with Crippen LogP contribution in [0.25, 0.3) is 0 Å². The molecule has 0 aromatic heterocycles. The van der Waals surface area contributed by atoms with Crippen molar-refractivity contribution in [3.8, 4) is 11.8 Å². The minimum atomic E-state index is -0.553. The van der Waals surface area contributed by atoms with Crippen molar-refractivity contribution < 1.29 is 9.53 Å². The van der Waals surface area contributed by atoms with Gasteiger partial charge in [0.15, 0.2) is 0 Å². The summed E-state index contributed by atoms with van der Waals surface area (Å²) in [7, 11) is 3.90. The maximum atomic E-state index is 12.9. The standard InChI is InChI=1S/C20H21N3O2/c1-22(2)11-12-23-17(13-21)16-9-6-10-18(19(16)20(23)24)25-14-15-7-4-3-5-8-15/h3-10,17H,11-12,14H2,1-2H3. The molecule has 0 fully saturated rings. The topological polar surface area (TPSA) is 56.6 Å². The van der Waals surface area contributed by atoms with Gasteiger partial charge in [-0.25, -0.2) is 0 Å². The van der Waals surface area contributed by atoms with E-state index in [9.17, 15) is 10.1 Å². The summed E-state index contributed by atoms with van der Waals surface area (Å²) in [4.78, 5) is 16.5. The lowest BCUT2D eigenvalue weighted by molar-refractivity contribution is 0.0743. The van der Waals surface area contributed by atoms with Crippen molar-refractivity contribution in [3.63, 3.8) is 0 Å². The molecule has 128 valence electrons. The van der Waals surface area contributed by atoms with E-state index < -0.39 is 6.04 Å². The predicted octanol–water partition coefficient (Wildman–Crippen LogP) is 2.85. The largest absolute Gasteiger partial charge is 0.488 e. The summed E-state index contributed by atoms with van der Waals surface area (Å²) in [6, 6.07) is 17.0. The maximum Gasteiger partial charge on any atom is 0.259 e. The van der Waals surface area contributed by atoms with Gasteiger partial charge in [0.05, 0.1) is 11.6 Å². The van der Waals surface area contributed by atoms with Gasteiger partial charge >= 0.3 is 0 Å². The fourth-order valence-electron chi connectivity index (χ4n) is 2.97.